The topological polar surface area (TPSA) is 0 Å². The van der Waals surface area contributed by atoms with Gasteiger partial charge in [0.1, 0.15) is 0 Å². The summed E-state index contributed by atoms with van der Waals surface area (Å²) in [5.41, 5.74) is 17.8. The number of hydrogen-bond acceptors (Lipinski definition) is 0. The van der Waals surface area contributed by atoms with Crippen molar-refractivity contribution in [1.29, 1.82) is 0 Å². The first-order chi connectivity index (χ1) is 17.3. The fourth-order valence-corrected chi connectivity index (χ4v) is 29.1. The van der Waals surface area contributed by atoms with Crippen LogP contribution in [-0.2, 0) is 31.2 Å². The van der Waals surface area contributed by atoms with Crippen molar-refractivity contribution in [2.45, 2.75) is 106 Å². The van der Waals surface area contributed by atoms with Gasteiger partial charge in [0.05, 0.1) is 0 Å². The van der Waals surface area contributed by atoms with Gasteiger partial charge >= 0.3 is 236 Å². The van der Waals surface area contributed by atoms with E-state index in [1.54, 1.807) is 55.7 Å². The number of hydrogen-bond donors (Lipinski definition) is 0. The molecule has 0 bridgehead atoms. The third kappa shape index (κ3) is 4.24. The fraction of sp³-hybridized carbons (Fsp3) is 0.486. The molecule has 0 spiro atoms. The first-order valence-electron chi connectivity index (χ1n) is 14.3. The Kier molecular flexibility index (Phi) is 6.98. The molecule has 0 fully saturated rings. The molecule has 194 valence electrons. The minimum absolute atomic E-state index is 0.234. The van der Waals surface area contributed by atoms with Crippen molar-refractivity contribution in [2.24, 2.45) is 0 Å². The van der Waals surface area contributed by atoms with E-state index in [4.69, 9.17) is 0 Å². The van der Waals surface area contributed by atoms with Crippen LogP contribution < -0.4 is 0 Å². The van der Waals surface area contributed by atoms with Gasteiger partial charge in [0.2, 0.25) is 0 Å². The van der Waals surface area contributed by atoms with Gasteiger partial charge < -0.3 is 0 Å². The van der Waals surface area contributed by atoms with Crippen molar-refractivity contribution in [3.8, 4) is 0 Å². The average molecular weight is 586 g/mol. The van der Waals surface area contributed by atoms with E-state index in [1.165, 1.54) is 18.4 Å². The maximum absolute atomic E-state index is 2.74. The van der Waals surface area contributed by atoms with Crippen LogP contribution in [0.15, 0.2) is 70.3 Å². The maximum atomic E-state index is 2.74. The molecule has 2 heteroatoms. The molecule has 37 heavy (non-hydrogen) atoms. The van der Waals surface area contributed by atoms with Gasteiger partial charge in [-0.1, -0.05) is 0 Å². The molecule has 0 saturated carbocycles. The number of rotatable bonds is 3. The molecule has 2 aromatic rings. The van der Waals surface area contributed by atoms with E-state index in [0.717, 1.165) is 3.63 Å². The first-order valence-corrected chi connectivity index (χ1v) is 23.3. The molecule has 0 aliphatic heterocycles. The molecule has 1 unspecified atom stereocenters. The van der Waals surface area contributed by atoms with Gasteiger partial charge in [-0.15, -0.1) is 0 Å². The monoisotopic (exact) mass is 584 g/mol. The van der Waals surface area contributed by atoms with E-state index in [0.29, 0.717) is 3.63 Å². The van der Waals surface area contributed by atoms with Crippen LogP contribution in [0.4, 0.5) is 0 Å². The molecule has 0 radical (unpaired) electrons. The Balaban J connectivity index is 1.84. The van der Waals surface area contributed by atoms with E-state index in [1.807, 2.05) is 0 Å². The number of fused-ring (bicyclic) bond motifs is 2. The van der Waals surface area contributed by atoms with Crippen LogP contribution in [0.3, 0.4) is 0 Å². The van der Waals surface area contributed by atoms with Crippen molar-refractivity contribution in [2.75, 3.05) is 0 Å². The van der Waals surface area contributed by atoms with Crippen molar-refractivity contribution in [3.05, 3.63) is 98.1 Å². The SMILES string of the molecule is CC1=C(C)[CH]([Zr]([CH]2C(C)=C(c3ccccc3)c3cc4c(cc32)C(C)(C)CCC4(C)C)=[Si](C)C)C(C)=C1C. The van der Waals surface area contributed by atoms with Gasteiger partial charge in [-0.3, -0.25) is 0 Å². The van der Waals surface area contributed by atoms with Crippen LogP contribution in [0.5, 0.6) is 0 Å². The second-order valence-corrected chi connectivity index (χ2v) is 31.5. The van der Waals surface area contributed by atoms with Crippen LogP contribution in [0, 0.1) is 0 Å². The summed E-state index contributed by atoms with van der Waals surface area (Å²) in [5, 5.41) is 0. The first kappa shape index (κ1) is 27.3. The van der Waals surface area contributed by atoms with Gasteiger partial charge in [-0.2, -0.15) is 0 Å². The Hall–Kier alpha value is -1.24. The number of allylic oxidation sites excluding steroid dienone is 5. The van der Waals surface area contributed by atoms with E-state index in [9.17, 15) is 0 Å². The van der Waals surface area contributed by atoms with Crippen LogP contribution in [-0.4, -0.2) is 5.43 Å². The zero-order chi connectivity index (χ0) is 27.0. The van der Waals surface area contributed by atoms with Crippen LogP contribution >= 0.6 is 0 Å². The van der Waals surface area contributed by atoms with Crippen molar-refractivity contribution >= 4 is 11.0 Å². The van der Waals surface area contributed by atoms with E-state index >= 15 is 0 Å². The van der Waals surface area contributed by atoms with Crippen molar-refractivity contribution in [3.63, 3.8) is 0 Å². The molecule has 0 aromatic heterocycles. The summed E-state index contributed by atoms with van der Waals surface area (Å²) in [4.78, 5) is 0. The molecule has 0 heterocycles. The summed E-state index contributed by atoms with van der Waals surface area (Å²) >= 11 is -2.04. The molecule has 3 aliphatic rings. The summed E-state index contributed by atoms with van der Waals surface area (Å²) in [5.74, 6) is 0. The fourth-order valence-electron chi connectivity index (χ4n) is 7.62. The molecule has 0 amide bonds. The summed E-state index contributed by atoms with van der Waals surface area (Å²) in [6.07, 6.45) is 2.55. The Labute approximate surface area is 234 Å². The van der Waals surface area contributed by atoms with Gasteiger partial charge in [-0.05, 0) is 0 Å². The van der Waals surface area contributed by atoms with Crippen LogP contribution in [0.1, 0.15) is 107 Å². The molecule has 0 N–H and O–H groups in total. The van der Waals surface area contributed by atoms with Gasteiger partial charge in [0.15, 0.2) is 0 Å². The minimum atomic E-state index is -2.04. The molecular weight excluding hydrogens is 540 g/mol. The molecule has 2 aromatic carbocycles. The Morgan fingerprint density at radius 3 is 1.73 bits per heavy atom. The van der Waals surface area contributed by atoms with E-state index in [2.05, 4.69) is 118 Å². The Morgan fingerprint density at radius 1 is 0.703 bits per heavy atom. The standard InChI is InChI=1S/C24H27.C9H13.C2H6Si.Zr/c1-16-13-18-14-20-21(24(4,5)12-11-23(20,2)3)15-19(18)22(16)17-9-7-6-8-10-17;1-6-5-7(2)9(4)8(6)3;1-3-2;/h6-10,13-15H,11-12H2,1-5H3;5H,1-4H3;1-2H3;. The van der Waals surface area contributed by atoms with Crippen molar-refractivity contribution in [1.82, 2.24) is 0 Å². The molecule has 1 atom stereocenters. The number of benzene rings is 2. The zero-order valence-electron chi connectivity index (χ0n) is 25.1. The van der Waals surface area contributed by atoms with Crippen molar-refractivity contribution < 1.29 is 20.4 Å². The molecular formula is C35H46SiZr. The normalized spacial score (nSPS) is 22.5. The van der Waals surface area contributed by atoms with Crippen LogP contribution in [0.2, 0.25) is 16.7 Å². The third-order valence-electron chi connectivity index (χ3n) is 10.3. The summed E-state index contributed by atoms with van der Waals surface area (Å²) in [6.45, 7) is 27.5. The van der Waals surface area contributed by atoms with E-state index in [-0.39, 0.29) is 10.8 Å². The molecule has 0 saturated heterocycles. The molecule has 3 aliphatic carbocycles. The van der Waals surface area contributed by atoms with Crippen LogP contribution in [0.25, 0.3) is 5.57 Å². The zero-order valence-corrected chi connectivity index (χ0v) is 28.6. The predicted octanol–water partition coefficient (Wildman–Crippen LogP) is 10.3. The Morgan fingerprint density at radius 2 is 1.22 bits per heavy atom. The summed E-state index contributed by atoms with van der Waals surface area (Å²) < 4.78 is 1.44. The van der Waals surface area contributed by atoms with E-state index < -0.39 is 25.8 Å². The molecule has 0 nitrogen and oxygen atoms in total. The predicted molar refractivity (Wildman–Crippen MR) is 161 cm³/mol. The summed E-state index contributed by atoms with van der Waals surface area (Å²) in [6, 6.07) is 16.7. The second kappa shape index (κ2) is 9.45. The van der Waals surface area contributed by atoms with Gasteiger partial charge in [0.25, 0.3) is 0 Å². The summed E-state index contributed by atoms with van der Waals surface area (Å²) in [7, 11) is 0. The third-order valence-corrected chi connectivity index (χ3v) is 30.4. The second-order valence-electron chi connectivity index (χ2n) is 13.6. The van der Waals surface area contributed by atoms with Gasteiger partial charge in [-0.25, -0.2) is 0 Å². The quantitative estimate of drug-likeness (QED) is 0.314. The Bertz CT molecular complexity index is 1400. The average Bonchev–Trinajstić information content (AvgIpc) is 3.23. The van der Waals surface area contributed by atoms with Gasteiger partial charge in [0, 0.05) is 0 Å². The molecule has 5 rings (SSSR count).